The minimum absolute atomic E-state index is 1.01. The van der Waals surface area contributed by atoms with Gasteiger partial charge in [-0.25, -0.2) is 0 Å². The molecular weight excluding hydrogens is 959 g/mol. The van der Waals surface area contributed by atoms with Crippen LogP contribution < -0.4 is 19.6 Å². The molecule has 0 radical (unpaired) electrons. The normalized spacial score (nSPS) is 11.3. The fourth-order valence-corrected chi connectivity index (χ4v) is 11.6. The van der Waals surface area contributed by atoms with Crippen LogP contribution in [-0.4, -0.2) is 4.57 Å². The van der Waals surface area contributed by atoms with Gasteiger partial charge < -0.3 is 24.2 Å². The molecule has 0 spiro atoms. The molecule has 0 aliphatic heterocycles. The molecular formula is C74H53N5. The minimum atomic E-state index is 1.01. The van der Waals surface area contributed by atoms with E-state index in [1.807, 2.05) is 0 Å². The van der Waals surface area contributed by atoms with E-state index in [-0.39, 0.29) is 0 Å². The highest BCUT2D eigenvalue weighted by Crippen LogP contribution is 2.54. The molecule has 0 fully saturated rings. The van der Waals surface area contributed by atoms with Crippen molar-refractivity contribution in [2.45, 2.75) is 0 Å². The first-order valence-corrected chi connectivity index (χ1v) is 26.9. The highest BCUT2D eigenvalue weighted by atomic mass is 15.2. The Morgan fingerprint density at radius 3 is 1.01 bits per heavy atom. The van der Waals surface area contributed by atoms with Crippen LogP contribution in [0.15, 0.2) is 322 Å². The van der Waals surface area contributed by atoms with Crippen LogP contribution in [0.3, 0.4) is 0 Å². The number of fused-ring (bicyclic) bond motifs is 5. The summed E-state index contributed by atoms with van der Waals surface area (Å²) >= 11 is 0. The van der Waals surface area contributed by atoms with Gasteiger partial charge in [-0.15, -0.1) is 0 Å². The largest absolute Gasteiger partial charge is 0.311 e. The summed E-state index contributed by atoms with van der Waals surface area (Å²) in [5.74, 6) is 0. The van der Waals surface area contributed by atoms with Crippen molar-refractivity contribution in [2.24, 2.45) is 0 Å². The highest BCUT2D eigenvalue weighted by molar-refractivity contribution is 6.19. The van der Waals surface area contributed by atoms with Gasteiger partial charge in [-0.05, 0) is 150 Å². The average molecular weight is 1010 g/mol. The molecule has 0 aliphatic carbocycles. The zero-order valence-electron chi connectivity index (χ0n) is 43.3. The van der Waals surface area contributed by atoms with Crippen molar-refractivity contribution < 1.29 is 0 Å². The lowest BCUT2D eigenvalue weighted by Gasteiger charge is -2.35. The van der Waals surface area contributed by atoms with E-state index in [0.717, 1.165) is 112 Å². The van der Waals surface area contributed by atoms with E-state index in [1.165, 1.54) is 5.39 Å². The molecule has 5 nitrogen and oxygen atoms in total. The van der Waals surface area contributed by atoms with Gasteiger partial charge in [-0.1, -0.05) is 182 Å². The van der Waals surface area contributed by atoms with Gasteiger partial charge in [0.25, 0.3) is 0 Å². The number of hydrogen-bond acceptors (Lipinski definition) is 4. The molecule has 374 valence electrons. The molecule has 0 atom stereocenters. The second-order valence-electron chi connectivity index (χ2n) is 19.7. The zero-order chi connectivity index (χ0) is 52.5. The van der Waals surface area contributed by atoms with Crippen molar-refractivity contribution in [3.05, 3.63) is 322 Å². The molecule has 79 heavy (non-hydrogen) atoms. The molecule has 1 heterocycles. The van der Waals surface area contributed by atoms with Crippen LogP contribution in [0.1, 0.15) is 0 Å². The van der Waals surface area contributed by atoms with Crippen molar-refractivity contribution in [1.29, 1.82) is 0 Å². The number of aromatic nitrogens is 1. The maximum atomic E-state index is 2.52. The second-order valence-corrected chi connectivity index (χ2v) is 19.7. The van der Waals surface area contributed by atoms with E-state index < -0.39 is 0 Å². The maximum Gasteiger partial charge on any atom is 0.0953 e. The Morgan fingerprint density at radius 2 is 0.544 bits per heavy atom. The molecule has 0 saturated heterocycles. The summed E-state index contributed by atoms with van der Waals surface area (Å²) in [4.78, 5) is 9.66. The smallest absolute Gasteiger partial charge is 0.0953 e. The van der Waals surface area contributed by atoms with E-state index in [1.54, 1.807) is 0 Å². The third kappa shape index (κ3) is 8.56. The quantitative estimate of drug-likeness (QED) is 0.114. The molecule has 13 aromatic carbocycles. The summed E-state index contributed by atoms with van der Waals surface area (Å²) in [6.07, 6.45) is 0. The SMILES string of the molecule is c1ccc(N(c2ccccc2)c2ccc(N(c3ccc4c5ccccc5n(-c5ccccc5)c4c3N(c3ccc(N(c4ccccc4)c4ccccc4)cc3)c3cccc4ccccc34)c3cccc4ccccc34)cc2)cc1. The molecule has 1 aromatic heterocycles. The van der Waals surface area contributed by atoms with Gasteiger partial charge in [0.05, 0.1) is 33.8 Å². The van der Waals surface area contributed by atoms with Gasteiger partial charge in [0.1, 0.15) is 0 Å². The molecule has 0 amide bonds. The van der Waals surface area contributed by atoms with Crippen LogP contribution >= 0.6 is 0 Å². The number of hydrogen-bond donors (Lipinski definition) is 0. The highest BCUT2D eigenvalue weighted by Gasteiger charge is 2.30. The minimum Gasteiger partial charge on any atom is -0.311 e. The van der Waals surface area contributed by atoms with Crippen molar-refractivity contribution in [2.75, 3.05) is 19.6 Å². The molecule has 0 aliphatic rings. The summed E-state index contributed by atoms with van der Waals surface area (Å²) in [5.41, 5.74) is 15.9. The number of para-hydroxylation sites is 6. The lowest BCUT2D eigenvalue weighted by Crippen LogP contribution is -2.19. The van der Waals surface area contributed by atoms with Gasteiger partial charge in [-0.3, -0.25) is 0 Å². The van der Waals surface area contributed by atoms with Crippen LogP contribution in [0.25, 0.3) is 49.0 Å². The topological polar surface area (TPSA) is 17.9 Å². The predicted molar refractivity (Wildman–Crippen MR) is 335 cm³/mol. The summed E-state index contributed by atoms with van der Waals surface area (Å²) in [5, 5.41) is 6.91. The number of benzene rings is 13. The van der Waals surface area contributed by atoms with Gasteiger partial charge in [0, 0.05) is 72.7 Å². The Morgan fingerprint density at radius 1 is 0.203 bits per heavy atom. The first-order valence-electron chi connectivity index (χ1n) is 26.9. The van der Waals surface area contributed by atoms with Crippen molar-refractivity contribution >= 4 is 112 Å². The number of nitrogens with zero attached hydrogens (tertiary/aromatic N) is 5. The summed E-state index contributed by atoms with van der Waals surface area (Å²) in [6.45, 7) is 0. The third-order valence-corrected chi connectivity index (χ3v) is 15.1. The molecule has 0 saturated carbocycles. The molecule has 5 heteroatoms. The van der Waals surface area contributed by atoms with Gasteiger partial charge >= 0.3 is 0 Å². The van der Waals surface area contributed by atoms with E-state index in [9.17, 15) is 0 Å². The third-order valence-electron chi connectivity index (χ3n) is 15.1. The lowest BCUT2D eigenvalue weighted by molar-refractivity contribution is 1.16. The summed E-state index contributed by atoms with van der Waals surface area (Å²) in [7, 11) is 0. The predicted octanol–water partition coefficient (Wildman–Crippen LogP) is 21.0. The monoisotopic (exact) mass is 1010 g/mol. The first kappa shape index (κ1) is 46.9. The molecule has 0 unspecified atom stereocenters. The molecule has 14 aromatic rings. The average Bonchev–Trinajstić information content (AvgIpc) is 3.84. The van der Waals surface area contributed by atoms with Crippen LogP contribution in [0.4, 0.5) is 68.2 Å². The standard InChI is InChI=1S/C74H53N5/c1-6-28-56(29-7-1)75(57-30-8-2-9-31-57)61-44-48-63(49-45-61)77(69-42-22-26-54-24-16-18-38-65(54)69)72-53-52-68-67-40-20-21-41-71(67)78(60-36-14-5-15-37-60)73(68)74(72)79(70-43-23-27-55-25-17-19-39-66(55)70)64-50-46-62(47-51-64)76(58-32-10-3-11-33-58)59-34-12-4-13-35-59/h1-53H. The number of rotatable bonds is 13. The second kappa shape index (κ2) is 20.5. The Labute approximate surface area is 460 Å². The lowest BCUT2D eigenvalue weighted by atomic mass is 10.0. The van der Waals surface area contributed by atoms with Crippen LogP contribution in [0.2, 0.25) is 0 Å². The fourth-order valence-electron chi connectivity index (χ4n) is 11.6. The summed E-state index contributed by atoms with van der Waals surface area (Å²) < 4.78 is 2.48. The van der Waals surface area contributed by atoms with Crippen molar-refractivity contribution in [3.63, 3.8) is 0 Å². The van der Waals surface area contributed by atoms with Crippen molar-refractivity contribution in [3.8, 4) is 5.69 Å². The maximum absolute atomic E-state index is 2.52. The van der Waals surface area contributed by atoms with E-state index in [4.69, 9.17) is 0 Å². The Hall–Kier alpha value is -10.6. The van der Waals surface area contributed by atoms with Crippen LogP contribution in [-0.2, 0) is 0 Å². The van der Waals surface area contributed by atoms with Crippen LogP contribution in [0, 0.1) is 0 Å². The van der Waals surface area contributed by atoms with Crippen molar-refractivity contribution in [1.82, 2.24) is 4.57 Å². The molecule has 0 bridgehead atoms. The van der Waals surface area contributed by atoms with Gasteiger partial charge in [-0.2, -0.15) is 0 Å². The van der Waals surface area contributed by atoms with E-state index >= 15 is 0 Å². The zero-order valence-corrected chi connectivity index (χ0v) is 43.3. The molecule has 0 N–H and O–H groups in total. The first-order chi connectivity index (χ1) is 39.2. The number of anilines is 12. The Balaban J connectivity index is 1.08. The van der Waals surface area contributed by atoms with E-state index in [0.29, 0.717) is 0 Å². The Bertz CT molecular complexity index is 4320. The fraction of sp³-hybridized carbons (Fsp3) is 0. The van der Waals surface area contributed by atoms with Crippen LogP contribution in [0.5, 0.6) is 0 Å². The molecule has 14 rings (SSSR count). The summed E-state index contributed by atoms with van der Waals surface area (Å²) in [6, 6.07) is 116. The van der Waals surface area contributed by atoms with E-state index in [2.05, 4.69) is 346 Å². The van der Waals surface area contributed by atoms with Gasteiger partial charge in [0.15, 0.2) is 0 Å². The van der Waals surface area contributed by atoms with Gasteiger partial charge in [0.2, 0.25) is 0 Å². The Kier molecular flexibility index (Phi) is 12.2.